The van der Waals surface area contributed by atoms with Crippen LogP contribution in [0.1, 0.15) is 23.7 Å². The molecule has 0 bridgehead atoms. The summed E-state index contributed by atoms with van der Waals surface area (Å²) < 4.78 is 9.68. The first-order valence-electron chi connectivity index (χ1n) is 6.13. The minimum atomic E-state index is -0.948. The summed E-state index contributed by atoms with van der Waals surface area (Å²) in [4.78, 5) is 28.2. The first-order chi connectivity index (χ1) is 9.53. The summed E-state index contributed by atoms with van der Waals surface area (Å²) in [5.74, 6) is -0.947. The maximum Gasteiger partial charge on any atom is 0.343 e. The molecule has 7 heteroatoms. The fraction of sp³-hybridized carbons (Fsp3) is 0.462. The van der Waals surface area contributed by atoms with Gasteiger partial charge in [0.05, 0.1) is 14.2 Å². The number of anilines is 1. The number of hydrogen-bond acceptors (Lipinski definition) is 6. The van der Waals surface area contributed by atoms with Crippen molar-refractivity contribution in [2.75, 3.05) is 32.2 Å². The smallest absolute Gasteiger partial charge is 0.343 e. The van der Waals surface area contributed by atoms with E-state index in [1.165, 1.54) is 20.3 Å². The van der Waals surface area contributed by atoms with Crippen LogP contribution in [0.15, 0.2) is 12.1 Å². The van der Waals surface area contributed by atoms with E-state index >= 15 is 0 Å². The van der Waals surface area contributed by atoms with Gasteiger partial charge < -0.3 is 19.5 Å². The van der Waals surface area contributed by atoms with Gasteiger partial charge in [0.1, 0.15) is 17.9 Å². The van der Waals surface area contributed by atoms with Crippen molar-refractivity contribution in [3.8, 4) is 5.88 Å². The summed E-state index contributed by atoms with van der Waals surface area (Å²) in [5, 5.41) is 8.90. The summed E-state index contributed by atoms with van der Waals surface area (Å²) in [5.41, 5.74) is 0.200. The van der Waals surface area contributed by atoms with Gasteiger partial charge in [-0.25, -0.2) is 4.79 Å². The minimum Gasteiger partial charge on any atom is -0.480 e. The lowest BCUT2D eigenvalue weighted by molar-refractivity contribution is -0.135. The lowest BCUT2D eigenvalue weighted by Gasteiger charge is -2.21. The number of carboxylic acids is 1. The monoisotopic (exact) mass is 282 g/mol. The van der Waals surface area contributed by atoms with Crippen LogP contribution in [0, 0.1) is 0 Å². The third kappa shape index (κ3) is 3.84. The molecule has 20 heavy (non-hydrogen) atoms. The Morgan fingerprint density at radius 2 is 2.05 bits per heavy atom. The number of ether oxygens (including phenoxy) is 2. The number of carbonyl (C=O) groups is 2. The average Bonchev–Trinajstić information content (AvgIpc) is 2.44. The predicted octanol–water partition coefficient (Wildman–Crippen LogP) is 1.18. The number of esters is 1. The van der Waals surface area contributed by atoms with Gasteiger partial charge >= 0.3 is 11.9 Å². The molecule has 0 amide bonds. The van der Waals surface area contributed by atoms with Crippen LogP contribution >= 0.6 is 0 Å². The van der Waals surface area contributed by atoms with E-state index in [0.29, 0.717) is 12.4 Å². The molecule has 0 unspecified atom stereocenters. The molecule has 0 aliphatic heterocycles. The molecule has 0 saturated heterocycles. The largest absolute Gasteiger partial charge is 0.480 e. The molecule has 0 aliphatic rings. The van der Waals surface area contributed by atoms with Crippen molar-refractivity contribution in [3.05, 3.63) is 17.7 Å². The van der Waals surface area contributed by atoms with Crippen molar-refractivity contribution in [2.24, 2.45) is 0 Å². The maximum absolute atomic E-state index is 11.5. The van der Waals surface area contributed by atoms with Crippen molar-refractivity contribution in [2.45, 2.75) is 13.3 Å². The molecule has 1 heterocycles. The number of carbonyl (C=O) groups excluding carboxylic acids is 1. The molecule has 0 saturated carbocycles. The number of rotatable bonds is 7. The van der Waals surface area contributed by atoms with Crippen molar-refractivity contribution in [3.63, 3.8) is 0 Å². The minimum absolute atomic E-state index is 0.112. The summed E-state index contributed by atoms with van der Waals surface area (Å²) in [6.45, 7) is 2.32. The van der Waals surface area contributed by atoms with E-state index in [9.17, 15) is 9.59 Å². The molecule has 0 aromatic carbocycles. The van der Waals surface area contributed by atoms with E-state index in [1.54, 1.807) is 11.0 Å². The van der Waals surface area contributed by atoms with Crippen molar-refractivity contribution >= 4 is 17.8 Å². The number of methoxy groups -OCH3 is 2. The molecule has 0 fully saturated rings. The van der Waals surface area contributed by atoms with Gasteiger partial charge in [-0.15, -0.1) is 0 Å². The average molecular weight is 282 g/mol. The fourth-order valence-corrected chi connectivity index (χ4v) is 1.74. The van der Waals surface area contributed by atoms with E-state index in [1.807, 2.05) is 6.92 Å². The predicted molar refractivity (Wildman–Crippen MR) is 72.3 cm³/mol. The lowest BCUT2D eigenvalue weighted by atomic mass is 10.2. The summed E-state index contributed by atoms with van der Waals surface area (Å²) >= 11 is 0. The van der Waals surface area contributed by atoms with Crippen molar-refractivity contribution < 1.29 is 24.2 Å². The van der Waals surface area contributed by atoms with Crippen LogP contribution in [-0.2, 0) is 9.53 Å². The zero-order valence-electron chi connectivity index (χ0n) is 11.8. The van der Waals surface area contributed by atoms with Crippen LogP contribution in [-0.4, -0.2) is 49.3 Å². The number of aliphatic carboxylic acids is 1. The standard InChI is InChI=1S/C13H18N2O5/c1-4-7-15(8-11(16)17)10-6-5-9(13(18)20-3)12(14-10)19-2/h5-6H,4,7-8H2,1-3H3,(H,16,17). The molecule has 110 valence electrons. The molecular weight excluding hydrogens is 264 g/mol. The normalized spacial score (nSPS) is 9.95. The van der Waals surface area contributed by atoms with E-state index in [-0.39, 0.29) is 18.0 Å². The molecule has 1 rings (SSSR count). The zero-order valence-corrected chi connectivity index (χ0v) is 11.8. The highest BCUT2D eigenvalue weighted by Crippen LogP contribution is 2.22. The molecule has 0 atom stereocenters. The van der Waals surface area contributed by atoms with E-state index in [2.05, 4.69) is 9.72 Å². The van der Waals surface area contributed by atoms with Gasteiger partial charge in [-0.1, -0.05) is 6.92 Å². The fourth-order valence-electron chi connectivity index (χ4n) is 1.74. The Balaban J connectivity index is 3.11. The highest BCUT2D eigenvalue weighted by molar-refractivity contribution is 5.92. The Hall–Kier alpha value is -2.31. The van der Waals surface area contributed by atoms with E-state index in [0.717, 1.165) is 6.42 Å². The van der Waals surface area contributed by atoms with Crippen LogP contribution in [0.25, 0.3) is 0 Å². The van der Waals surface area contributed by atoms with Gasteiger partial charge in [-0.2, -0.15) is 4.98 Å². The molecular formula is C13H18N2O5. The van der Waals surface area contributed by atoms with Gasteiger partial charge in [0.2, 0.25) is 5.88 Å². The first-order valence-corrected chi connectivity index (χ1v) is 6.13. The van der Waals surface area contributed by atoms with Gasteiger partial charge in [0.15, 0.2) is 0 Å². The first kappa shape index (κ1) is 15.7. The van der Waals surface area contributed by atoms with Crippen LogP contribution in [0.2, 0.25) is 0 Å². The molecule has 0 spiro atoms. The van der Waals surface area contributed by atoms with Gasteiger partial charge in [0.25, 0.3) is 0 Å². The highest BCUT2D eigenvalue weighted by atomic mass is 16.5. The molecule has 7 nitrogen and oxygen atoms in total. The molecule has 1 aromatic rings. The summed E-state index contributed by atoms with van der Waals surface area (Å²) in [6, 6.07) is 3.09. The van der Waals surface area contributed by atoms with Crippen LogP contribution in [0.4, 0.5) is 5.82 Å². The second kappa shape index (κ2) is 7.32. The zero-order chi connectivity index (χ0) is 15.1. The Morgan fingerprint density at radius 3 is 2.55 bits per heavy atom. The number of aromatic nitrogens is 1. The maximum atomic E-state index is 11.5. The van der Waals surface area contributed by atoms with Crippen LogP contribution in [0.5, 0.6) is 5.88 Å². The third-order valence-electron chi connectivity index (χ3n) is 2.59. The van der Waals surface area contributed by atoms with Crippen molar-refractivity contribution in [1.29, 1.82) is 0 Å². The van der Waals surface area contributed by atoms with Gasteiger partial charge in [-0.3, -0.25) is 4.79 Å². The molecule has 0 radical (unpaired) electrons. The third-order valence-corrected chi connectivity index (χ3v) is 2.59. The SMILES string of the molecule is CCCN(CC(=O)O)c1ccc(C(=O)OC)c(OC)n1. The van der Waals surface area contributed by atoms with Crippen molar-refractivity contribution in [1.82, 2.24) is 4.98 Å². The Kier molecular flexibility index (Phi) is 5.76. The lowest BCUT2D eigenvalue weighted by Crippen LogP contribution is -2.31. The number of pyridine rings is 1. The molecule has 1 N–H and O–H groups in total. The summed E-state index contributed by atoms with van der Waals surface area (Å²) in [6.07, 6.45) is 0.774. The molecule has 1 aromatic heterocycles. The van der Waals surface area contributed by atoms with Gasteiger partial charge in [0, 0.05) is 6.54 Å². The second-order valence-corrected chi connectivity index (χ2v) is 4.03. The Labute approximate surface area is 117 Å². The van der Waals surface area contributed by atoms with E-state index < -0.39 is 11.9 Å². The van der Waals surface area contributed by atoms with E-state index in [4.69, 9.17) is 9.84 Å². The second-order valence-electron chi connectivity index (χ2n) is 4.03. The number of nitrogens with zero attached hydrogens (tertiary/aromatic N) is 2. The Bertz CT molecular complexity index is 490. The van der Waals surface area contributed by atoms with Crippen LogP contribution < -0.4 is 9.64 Å². The van der Waals surface area contributed by atoms with Crippen LogP contribution in [0.3, 0.4) is 0 Å². The Morgan fingerprint density at radius 1 is 1.35 bits per heavy atom. The number of hydrogen-bond donors (Lipinski definition) is 1. The highest BCUT2D eigenvalue weighted by Gasteiger charge is 2.18. The quantitative estimate of drug-likeness (QED) is 0.751. The summed E-state index contributed by atoms with van der Waals surface area (Å²) in [7, 11) is 2.66. The molecule has 0 aliphatic carbocycles. The topological polar surface area (TPSA) is 89.0 Å². The van der Waals surface area contributed by atoms with Gasteiger partial charge in [-0.05, 0) is 18.6 Å². The number of carboxylic acid groups (broad SMARTS) is 1.